The van der Waals surface area contributed by atoms with E-state index in [9.17, 15) is 23.1 Å². The second-order valence-electron chi connectivity index (χ2n) is 5.83. The topological polar surface area (TPSA) is 52.6 Å². The lowest BCUT2D eigenvalue weighted by atomic mass is 10.0. The van der Waals surface area contributed by atoms with Gasteiger partial charge >= 0.3 is 6.18 Å². The Balaban J connectivity index is 1.93. The largest absolute Gasteiger partial charge is 0.509 e. The van der Waals surface area contributed by atoms with Crippen molar-refractivity contribution in [1.29, 1.82) is 0 Å². The average molecular weight is 409 g/mol. The number of amides is 1. The van der Waals surface area contributed by atoms with Gasteiger partial charge < -0.3 is 15.3 Å². The minimum atomic E-state index is -4.69. The average Bonchev–Trinajstić information content (AvgIpc) is 2.53. The van der Waals surface area contributed by atoms with Crippen LogP contribution in [0.2, 0.25) is 10.0 Å². The number of hydrogen-bond donors (Lipinski definition) is 2. The Morgan fingerprint density at radius 1 is 1.31 bits per heavy atom. The van der Waals surface area contributed by atoms with Gasteiger partial charge in [0.05, 0.1) is 15.6 Å². The fourth-order valence-corrected chi connectivity index (χ4v) is 2.89. The third-order valence-electron chi connectivity index (χ3n) is 3.89. The zero-order chi connectivity index (χ0) is 19.5. The van der Waals surface area contributed by atoms with Gasteiger partial charge in [0.2, 0.25) is 0 Å². The van der Waals surface area contributed by atoms with Crippen LogP contribution in [-0.2, 0) is 11.2 Å². The van der Waals surface area contributed by atoms with Crippen LogP contribution in [-0.4, -0.2) is 41.7 Å². The quantitative estimate of drug-likeness (QED) is 0.716. The number of hydrogen-bond acceptors (Lipinski definition) is 3. The molecule has 142 valence electrons. The van der Waals surface area contributed by atoms with Crippen LogP contribution in [0.3, 0.4) is 0 Å². The lowest BCUT2D eigenvalue weighted by Crippen LogP contribution is -2.45. The van der Waals surface area contributed by atoms with Crippen molar-refractivity contribution in [2.45, 2.75) is 25.1 Å². The van der Waals surface area contributed by atoms with E-state index in [1.165, 1.54) is 7.05 Å². The summed E-state index contributed by atoms with van der Waals surface area (Å²) >= 11 is 11.7. The molecule has 26 heavy (non-hydrogen) atoms. The third kappa shape index (κ3) is 4.86. The predicted octanol–water partition coefficient (Wildman–Crippen LogP) is 4.24. The number of aliphatic hydroxyl groups excluding tert-OH is 1. The zero-order valence-corrected chi connectivity index (χ0v) is 15.3. The van der Waals surface area contributed by atoms with Crippen LogP contribution in [0.15, 0.2) is 41.8 Å². The second-order valence-corrected chi connectivity index (χ2v) is 6.65. The van der Waals surface area contributed by atoms with E-state index < -0.39 is 23.9 Å². The predicted molar refractivity (Wildman–Crippen MR) is 94.2 cm³/mol. The Kier molecular flexibility index (Phi) is 6.47. The molecule has 0 fully saturated rings. The van der Waals surface area contributed by atoms with Crippen LogP contribution < -0.4 is 5.32 Å². The molecule has 1 aliphatic heterocycles. The fourth-order valence-electron chi connectivity index (χ4n) is 2.57. The summed E-state index contributed by atoms with van der Waals surface area (Å²) in [5.74, 6) is -1.76. The van der Waals surface area contributed by atoms with Gasteiger partial charge in [-0.2, -0.15) is 13.2 Å². The van der Waals surface area contributed by atoms with Crippen LogP contribution in [0, 0.1) is 0 Å². The van der Waals surface area contributed by atoms with E-state index in [-0.39, 0.29) is 12.1 Å². The molecule has 1 heterocycles. The number of benzene rings is 1. The summed E-state index contributed by atoms with van der Waals surface area (Å²) < 4.78 is 39.0. The summed E-state index contributed by atoms with van der Waals surface area (Å²) in [6, 6.07) is 2.96. The molecule has 0 saturated heterocycles. The van der Waals surface area contributed by atoms with E-state index in [4.69, 9.17) is 23.2 Å². The minimum Gasteiger partial charge on any atom is -0.509 e. The van der Waals surface area contributed by atoms with Crippen molar-refractivity contribution in [1.82, 2.24) is 10.2 Å². The van der Waals surface area contributed by atoms with Crippen molar-refractivity contribution in [2.75, 3.05) is 13.6 Å². The summed E-state index contributed by atoms with van der Waals surface area (Å²) in [5, 5.41) is 13.3. The van der Waals surface area contributed by atoms with Crippen LogP contribution >= 0.6 is 23.2 Å². The van der Waals surface area contributed by atoms with Gasteiger partial charge in [0.15, 0.2) is 6.04 Å². The maximum absolute atomic E-state index is 13.0. The molecule has 0 radical (unpaired) electrons. The van der Waals surface area contributed by atoms with Gasteiger partial charge in [-0.15, -0.1) is 0 Å². The number of halogens is 5. The number of aliphatic hydroxyl groups is 1. The highest BCUT2D eigenvalue weighted by atomic mass is 35.5. The van der Waals surface area contributed by atoms with Crippen molar-refractivity contribution >= 4 is 29.1 Å². The molecule has 4 nitrogen and oxygen atoms in total. The van der Waals surface area contributed by atoms with Crippen molar-refractivity contribution in [2.24, 2.45) is 0 Å². The monoisotopic (exact) mass is 408 g/mol. The number of alkyl halides is 3. The number of nitrogens with one attached hydrogen (secondary N) is 1. The van der Waals surface area contributed by atoms with Crippen LogP contribution in [0.25, 0.3) is 0 Å². The molecule has 2 rings (SSSR count). The molecule has 0 spiro atoms. The second kappa shape index (κ2) is 8.22. The number of likely N-dealkylation sites (N-methyl/N-ethyl adjacent to an activating group) is 1. The van der Waals surface area contributed by atoms with Gasteiger partial charge in [-0.05, 0) is 36.6 Å². The first-order valence-electron chi connectivity index (χ1n) is 7.73. The molecule has 1 aromatic rings. The van der Waals surface area contributed by atoms with E-state index in [0.29, 0.717) is 22.9 Å². The van der Waals surface area contributed by atoms with E-state index in [2.05, 4.69) is 5.32 Å². The molecule has 1 aliphatic rings. The molecule has 0 saturated carbocycles. The molecule has 9 heteroatoms. The summed E-state index contributed by atoms with van der Waals surface area (Å²) in [5.41, 5.74) is 0.534. The lowest BCUT2D eigenvalue weighted by Gasteiger charge is -2.31. The first-order chi connectivity index (χ1) is 12.1. The Morgan fingerprint density at radius 2 is 2.00 bits per heavy atom. The number of carbonyl (C=O) groups excluding carboxylic acids is 1. The Hall–Kier alpha value is -1.86. The highest BCUT2D eigenvalue weighted by Crippen LogP contribution is 2.32. The molecule has 1 amide bonds. The maximum Gasteiger partial charge on any atom is 0.416 e. The standard InChI is InChI=1S/C17H17Cl2F3N2O2/c1-24-8-6-11(14(25)15(24)17(20,21)22)16(26)23-7-2-3-10-4-5-12(18)13(19)9-10/h4-6,8-9,15,25H,2-3,7H2,1H3,(H,23,26). The van der Waals surface area contributed by atoms with Crippen LogP contribution in [0.4, 0.5) is 13.2 Å². The molecule has 2 N–H and O–H groups in total. The minimum absolute atomic E-state index is 0.232. The number of carbonyl (C=O) groups is 1. The highest BCUT2D eigenvalue weighted by molar-refractivity contribution is 6.42. The Bertz CT molecular complexity index is 748. The third-order valence-corrected chi connectivity index (χ3v) is 4.62. The summed E-state index contributed by atoms with van der Waals surface area (Å²) in [4.78, 5) is 12.9. The normalized spacial score (nSPS) is 17.6. The molecule has 1 unspecified atom stereocenters. The van der Waals surface area contributed by atoms with E-state index in [1.54, 1.807) is 18.2 Å². The number of rotatable bonds is 5. The van der Waals surface area contributed by atoms with Crippen molar-refractivity contribution in [3.05, 3.63) is 57.4 Å². The van der Waals surface area contributed by atoms with Gasteiger partial charge in [-0.1, -0.05) is 29.3 Å². The maximum atomic E-state index is 13.0. The SMILES string of the molecule is CN1C=CC(C(=O)NCCCc2ccc(Cl)c(Cl)c2)=C(O)C1C(F)(F)F. The first-order valence-corrected chi connectivity index (χ1v) is 8.49. The highest BCUT2D eigenvalue weighted by Gasteiger charge is 2.47. The van der Waals surface area contributed by atoms with Gasteiger partial charge in [0, 0.05) is 19.8 Å². The van der Waals surface area contributed by atoms with Gasteiger partial charge in [0.1, 0.15) is 5.76 Å². The molecule has 0 aliphatic carbocycles. The number of aryl methyl sites for hydroxylation is 1. The van der Waals surface area contributed by atoms with Gasteiger partial charge in [-0.25, -0.2) is 0 Å². The summed E-state index contributed by atoms with van der Waals surface area (Å²) in [7, 11) is 1.18. The molecule has 1 atom stereocenters. The smallest absolute Gasteiger partial charge is 0.416 e. The van der Waals surface area contributed by atoms with Crippen molar-refractivity contribution < 1.29 is 23.1 Å². The fraction of sp³-hybridized carbons (Fsp3) is 0.353. The lowest BCUT2D eigenvalue weighted by molar-refractivity contribution is -0.171. The Labute approximate surface area is 158 Å². The van der Waals surface area contributed by atoms with E-state index >= 15 is 0 Å². The molecule has 0 bridgehead atoms. The van der Waals surface area contributed by atoms with Crippen molar-refractivity contribution in [3.63, 3.8) is 0 Å². The first kappa shape index (κ1) is 20.5. The van der Waals surface area contributed by atoms with E-state index in [0.717, 1.165) is 22.7 Å². The molecule has 0 aromatic heterocycles. The summed E-state index contributed by atoms with van der Waals surface area (Å²) in [6.07, 6.45) is -1.27. The molecular weight excluding hydrogens is 392 g/mol. The van der Waals surface area contributed by atoms with Crippen molar-refractivity contribution in [3.8, 4) is 0 Å². The van der Waals surface area contributed by atoms with Gasteiger partial charge in [-0.3, -0.25) is 4.79 Å². The molecule has 1 aromatic carbocycles. The van der Waals surface area contributed by atoms with Crippen LogP contribution in [0.5, 0.6) is 0 Å². The van der Waals surface area contributed by atoms with Crippen LogP contribution in [0.1, 0.15) is 12.0 Å². The zero-order valence-electron chi connectivity index (χ0n) is 13.8. The van der Waals surface area contributed by atoms with Gasteiger partial charge in [0.25, 0.3) is 5.91 Å². The van der Waals surface area contributed by atoms with E-state index in [1.807, 2.05) is 0 Å². The summed E-state index contributed by atoms with van der Waals surface area (Å²) in [6.45, 7) is 0.232. The number of nitrogens with zero attached hydrogens (tertiary/aromatic N) is 1. The molecular formula is C17H17Cl2F3N2O2. The Morgan fingerprint density at radius 3 is 2.62 bits per heavy atom.